The zero-order chi connectivity index (χ0) is 29.1. The van der Waals surface area contributed by atoms with Gasteiger partial charge in [-0.3, -0.25) is 4.79 Å². The maximum atomic E-state index is 12.0. The van der Waals surface area contributed by atoms with E-state index in [4.69, 9.17) is 9.47 Å². The van der Waals surface area contributed by atoms with Crippen molar-refractivity contribution >= 4 is 23.8 Å². The Kier molecular flexibility index (Phi) is 15.2. The van der Waals surface area contributed by atoms with Gasteiger partial charge in [0.05, 0.1) is 39.1 Å². The summed E-state index contributed by atoms with van der Waals surface area (Å²) in [6, 6.07) is 9.33. The van der Waals surface area contributed by atoms with Crippen molar-refractivity contribution in [3.8, 4) is 0 Å². The summed E-state index contributed by atoms with van der Waals surface area (Å²) in [5.41, 5.74) is 0.635. The minimum Gasteiger partial charge on any atom is -0.394 e. The molecule has 0 radical (unpaired) electrons. The summed E-state index contributed by atoms with van der Waals surface area (Å²) in [6.07, 6.45) is 9.33. The topological polar surface area (TPSA) is 143 Å². The quantitative estimate of drug-likeness (QED) is 0.166. The lowest BCUT2D eigenvalue weighted by atomic mass is 9.97. The van der Waals surface area contributed by atoms with Crippen molar-refractivity contribution in [2.24, 2.45) is 5.92 Å². The highest BCUT2D eigenvalue weighted by Crippen LogP contribution is 2.21. The van der Waals surface area contributed by atoms with E-state index >= 15 is 0 Å². The molecule has 3 rings (SSSR count). The number of nitrogens with one attached hydrogen (secondary N) is 4. The molecule has 1 atom stereocenters. The van der Waals surface area contributed by atoms with Crippen molar-refractivity contribution in [2.75, 3.05) is 62.1 Å². The van der Waals surface area contributed by atoms with Crippen LogP contribution in [0, 0.1) is 5.92 Å². The van der Waals surface area contributed by atoms with Gasteiger partial charge in [-0.2, -0.15) is 15.0 Å². The molecule has 0 bridgehead atoms. The van der Waals surface area contributed by atoms with Crippen molar-refractivity contribution in [1.29, 1.82) is 0 Å². The van der Waals surface area contributed by atoms with Gasteiger partial charge >= 0.3 is 0 Å². The molecule has 1 heterocycles. The smallest absolute Gasteiger partial charge is 0.251 e. The molecule has 41 heavy (non-hydrogen) atoms. The summed E-state index contributed by atoms with van der Waals surface area (Å²) in [6.45, 7) is 6.99. The lowest BCUT2D eigenvalue weighted by Crippen LogP contribution is -2.28. The van der Waals surface area contributed by atoms with E-state index in [0.717, 1.165) is 19.3 Å². The minimum absolute atomic E-state index is 0.00726. The van der Waals surface area contributed by atoms with E-state index in [9.17, 15) is 9.90 Å². The van der Waals surface area contributed by atoms with Gasteiger partial charge in [-0.25, -0.2) is 0 Å². The molecule has 0 spiro atoms. The Labute approximate surface area is 244 Å². The second-order valence-electron chi connectivity index (χ2n) is 10.9. The number of benzene rings is 1. The maximum absolute atomic E-state index is 12.0. The lowest BCUT2D eigenvalue weighted by molar-refractivity contribution is 0.0519. The normalized spacial score (nSPS) is 15.1. The van der Waals surface area contributed by atoms with Crippen molar-refractivity contribution in [3.63, 3.8) is 0 Å². The summed E-state index contributed by atoms with van der Waals surface area (Å²) in [5, 5.41) is 22.7. The van der Waals surface area contributed by atoms with Gasteiger partial charge in [0.25, 0.3) is 5.91 Å². The van der Waals surface area contributed by atoms with E-state index in [2.05, 4.69) is 50.1 Å². The van der Waals surface area contributed by atoms with Crippen molar-refractivity contribution < 1.29 is 19.4 Å². The number of rotatable bonds is 18. The van der Waals surface area contributed by atoms with Crippen LogP contribution in [-0.2, 0) is 9.47 Å². The third-order valence-corrected chi connectivity index (χ3v) is 6.85. The highest BCUT2D eigenvalue weighted by molar-refractivity contribution is 5.94. The summed E-state index contributed by atoms with van der Waals surface area (Å²) >= 11 is 0. The third kappa shape index (κ3) is 13.5. The van der Waals surface area contributed by atoms with E-state index in [1.807, 2.05) is 18.2 Å². The van der Waals surface area contributed by atoms with E-state index < -0.39 is 0 Å². The van der Waals surface area contributed by atoms with Crippen molar-refractivity contribution in [2.45, 2.75) is 77.3 Å². The van der Waals surface area contributed by atoms with E-state index in [-0.39, 0.29) is 18.6 Å². The number of carbonyl (C=O) groups excluding carboxylic acids is 1. The molecular weight excluding hydrogens is 522 g/mol. The van der Waals surface area contributed by atoms with Crippen LogP contribution < -0.4 is 21.3 Å². The average Bonchev–Trinajstić information content (AvgIpc) is 2.95. The van der Waals surface area contributed by atoms with Gasteiger partial charge in [-0.15, -0.1) is 0 Å². The van der Waals surface area contributed by atoms with Gasteiger partial charge in [-0.05, 0) is 37.3 Å². The Balaban J connectivity index is 1.40. The highest BCUT2D eigenvalue weighted by atomic mass is 16.5. The number of amides is 1. The van der Waals surface area contributed by atoms with Gasteiger partial charge in [-0.1, -0.05) is 64.2 Å². The molecule has 1 fully saturated rings. The molecule has 228 valence electrons. The van der Waals surface area contributed by atoms with Gasteiger partial charge in [0.1, 0.15) is 0 Å². The van der Waals surface area contributed by atoms with Crippen LogP contribution in [0.4, 0.5) is 17.8 Å². The molecule has 1 saturated carbocycles. The standard InChI is InChI=1S/C30H49N7O4/c1-23(2)21-26(22-38)34-30-36-28(35-29(37-30)33-25-13-9-4-3-5-10-14-25)32-16-18-41-20-19-40-17-15-31-27(39)24-11-7-6-8-12-24/h6-8,11-12,23,25-26,38H,3-5,9-10,13-22H2,1-2H3,(H,31,39)(H3,32,33,34,35,36,37)/t26-/m1/s1. The average molecular weight is 572 g/mol. The first-order valence-electron chi connectivity index (χ1n) is 15.2. The van der Waals surface area contributed by atoms with Crippen LogP contribution in [0.25, 0.3) is 0 Å². The Morgan fingerprint density at radius 2 is 1.51 bits per heavy atom. The Morgan fingerprint density at radius 1 is 0.878 bits per heavy atom. The summed E-state index contributed by atoms with van der Waals surface area (Å²) in [7, 11) is 0. The minimum atomic E-state index is -0.130. The van der Waals surface area contributed by atoms with Crippen LogP contribution in [0.3, 0.4) is 0 Å². The van der Waals surface area contributed by atoms with Crippen LogP contribution in [-0.4, -0.2) is 84.2 Å². The third-order valence-electron chi connectivity index (χ3n) is 6.85. The Hall–Kier alpha value is -3.02. The SMILES string of the molecule is CC(C)C[C@H](CO)Nc1nc(NCCOCCOCCNC(=O)c2ccccc2)nc(NC2CCCCCCC2)n1. The monoisotopic (exact) mass is 571 g/mol. The number of ether oxygens (including phenoxy) is 2. The summed E-state index contributed by atoms with van der Waals surface area (Å²) in [5.74, 6) is 1.78. The molecule has 5 N–H and O–H groups in total. The number of aliphatic hydroxyl groups is 1. The molecule has 0 saturated heterocycles. The van der Waals surface area contributed by atoms with E-state index in [1.165, 1.54) is 32.1 Å². The predicted molar refractivity (Wildman–Crippen MR) is 162 cm³/mol. The molecule has 0 unspecified atom stereocenters. The second kappa shape index (κ2) is 19.2. The molecule has 1 aliphatic carbocycles. The number of carbonyl (C=O) groups is 1. The molecule has 11 nitrogen and oxygen atoms in total. The Morgan fingerprint density at radius 3 is 2.20 bits per heavy atom. The first-order valence-corrected chi connectivity index (χ1v) is 15.2. The number of hydrogen-bond acceptors (Lipinski definition) is 10. The molecular formula is C30H49N7O4. The van der Waals surface area contributed by atoms with E-state index in [0.29, 0.717) is 74.9 Å². The second-order valence-corrected chi connectivity index (χ2v) is 10.9. The number of aliphatic hydroxyl groups excluding tert-OH is 1. The van der Waals surface area contributed by atoms with Crippen LogP contribution in [0.15, 0.2) is 30.3 Å². The predicted octanol–water partition coefficient (Wildman–Crippen LogP) is 4.09. The number of aromatic nitrogens is 3. The fourth-order valence-electron chi connectivity index (χ4n) is 4.78. The molecule has 0 aliphatic heterocycles. The number of hydrogen-bond donors (Lipinski definition) is 5. The van der Waals surface area contributed by atoms with Gasteiger partial charge in [0.2, 0.25) is 17.8 Å². The first-order chi connectivity index (χ1) is 20.0. The number of nitrogens with zero attached hydrogens (tertiary/aromatic N) is 3. The van der Waals surface area contributed by atoms with Crippen LogP contribution in [0.1, 0.15) is 75.6 Å². The van der Waals surface area contributed by atoms with Gasteiger partial charge < -0.3 is 35.8 Å². The fourth-order valence-corrected chi connectivity index (χ4v) is 4.78. The molecule has 1 aromatic carbocycles. The maximum Gasteiger partial charge on any atom is 0.251 e. The fraction of sp³-hybridized carbons (Fsp3) is 0.667. The van der Waals surface area contributed by atoms with Gasteiger partial charge in [0.15, 0.2) is 0 Å². The zero-order valence-corrected chi connectivity index (χ0v) is 24.7. The largest absolute Gasteiger partial charge is 0.394 e. The molecule has 1 amide bonds. The summed E-state index contributed by atoms with van der Waals surface area (Å²) < 4.78 is 11.2. The van der Waals surface area contributed by atoms with Crippen LogP contribution >= 0.6 is 0 Å². The van der Waals surface area contributed by atoms with Crippen LogP contribution in [0.2, 0.25) is 0 Å². The van der Waals surface area contributed by atoms with E-state index in [1.54, 1.807) is 12.1 Å². The van der Waals surface area contributed by atoms with Crippen molar-refractivity contribution in [3.05, 3.63) is 35.9 Å². The lowest BCUT2D eigenvalue weighted by Gasteiger charge is -2.22. The zero-order valence-electron chi connectivity index (χ0n) is 24.7. The Bertz CT molecular complexity index is 988. The molecule has 1 aromatic heterocycles. The highest BCUT2D eigenvalue weighted by Gasteiger charge is 2.16. The first kappa shape index (κ1) is 32.5. The van der Waals surface area contributed by atoms with Crippen LogP contribution in [0.5, 0.6) is 0 Å². The summed E-state index contributed by atoms with van der Waals surface area (Å²) in [4.78, 5) is 25.8. The van der Waals surface area contributed by atoms with Crippen molar-refractivity contribution in [1.82, 2.24) is 20.3 Å². The number of anilines is 3. The van der Waals surface area contributed by atoms with Gasteiger partial charge in [0, 0.05) is 24.7 Å². The molecule has 1 aliphatic rings. The molecule has 2 aromatic rings. The molecule has 11 heteroatoms.